The Labute approximate surface area is 106 Å². The van der Waals surface area contributed by atoms with Gasteiger partial charge in [0.1, 0.15) is 0 Å². The van der Waals surface area contributed by atoms with Crippen molar-refractivity contribution in [2.75, 3.05) is 7.11 Å². The number of alkyl halides is 3. The van der Waals surface area contributed by atoms with Crippen LogP contribution >= 0.6 is 0 Å². The molecule has 1 heterocycles. The van der Waals surface area contributed by atoms with Crippen LogP contribution in [0.1, 0.15) is 5.56 Å². The Morgan fingerprint density at radius 1 is 1.32 bits per heavy atom. The largest absolute Gasteiger partial charge is 0.467 e. The number of H-pyrrole nitrogens is 1. The minimum Gasteiger partial charge on any atom is -0.467 e. The van der Waals surface area contributed by atoms with Crippen molar-refractivity contribution in [3.63, 3.8) is 0 Å². The summed E-state index contributed by atoms with van der Waals surface area (Å²) in [6.07, 6.45) is -3.89. The van der Waals surface area contributed by atoms with Crippen LogP contribution in [0.15, 0.2) is 30.5 Å². The van der Waals surface area contributed by atoms with E-state index in [-0.39, 0.29) is 10.9 Å². The zero-order chi connectivity index (χ0) is 14.3. The van der Waals surface area contributed by atoms with E-state index < -0.39 is 17.7 Å². The molecule has 3 N–H and O–H groups in total. The van der Waals surface area contributed by atoms with Crippen LogP contribution in [0.5, 0.6) is 0 Å². The van der Waals surface area contributed by atoms with Gasteiger partial charge in [0.2, 0.25) is 5.54 Å². The fourth-order valence-electron chi connectivity index (χ4n) is 1.94. The molecule has 0 aliphatic carbocycles. The highest BCUT2D eigenvalue weighted by molar-refractivity contribution is 5.93. The summed E-state index contributed by atoms with van der Waals surface area (Å²) in [5.41, 5.74) is 2.25. The number of carbonyl (C=O) groups is 1. The van der Waals surface area contributed by atoms with Gasteiger partial charge in [0.05, 0.1) is 7.11 Å². The van der Waals surface area contributed by atoms with Gasteiger partial charge in [-0.3, -0.25) is 0 Å². The summed E-state index contributed by atoms with van der Waals surface area (Å²) in [6.45, 7) is 0. The van der Waals surface area contributed by atoms with Gasteiger partial charge in [-0.2, -0.15) is 13.2 Å². The third kappa shape index (κ3) is 1.86. The molecule has 19 heavy (non-hydrogen) atoms. The summed E-state index contributed by atoms with van der Waals surface area (Å²) in [6, 6.07) is 6.27. The summed E-state index contributed by atoms with van der Waals surface area (Å²) in [4.78, 5) is 14.2. The highest BCUT2D eigenvalue weighted by Gasteiger charge is 2.61. The summed E-state index contributed by atoms with van der Waals surface area (Å²) in [7, 11) is 0.866. The number of carbonyl (C=O) groups excluding carboxylic acids is 1. The predicted molar refractivity (Wildman–Crippen MR) is 62.2 cm³/mol. The number of ether oxygens (including phenoxy) is 1. The molecular weight excluding hydrogens is 261 g/mol. The van der Waals surface area contributed by atoms with Crippen LogP contribution in [0.3, 0.4) is 0 Å². The van der Waals surface area contributed by atoms with Crippen molar-refractivity contribution < 1.29 is 22.7 Å². The van der Waals surface area contributed by atoms with E-state index in [1.54, 1.807) is 18.2 Å². The first-order valence-corrected chi connectivity index (χ1v) is 5.33. The normalized spacial score (nSPS) is 15.2. The van der Waals surface area contributed by atoms with Crippen molar-refractivity contribution in [1.82, 2.24) is 4.98 Å². The molecule has 1 atom stereocenters. The fourth-order valence-corrected chi connectivity index (χ4v) is 1.94. The second-order valence-electron chi connectivity index (χ2n) is 4.05. The second-order valence-corrected chi connectivity index (χ2v) is 4.05. The van der Waals surface area contributed by atoms with Crippen LogP contribution in [0.25, 0.3) is 10.9 Å². The van der Waals surface area contributed by atoms with Gasteiger partial charge in [-0.05, 0) is 6.07 Å². The molecule has 0 unspecified atom stereocenters. The molecule has 1 aromatic heterocycles. The Morgan fingerprint density at radius 3 is 2.53 bits per heavy atom. The number of hydrogen-bond acceptors (Lipinski definition) is 3. The molecule has 0 fully saturated rings. The minimum atomic E-state index is -4.97. The molecule has 0 amide bonds. The van der Waals surface area contributed by atoms with Crippen molar-refractivity contribution in [3.8, 4) is 0 Å². The molecule has 7 heteroatoms. The number of aromatic amines is 1. The fraction of sp³-hybridized carbons (Fsp3) is 0.250. The first-order valence-electron chi connectivity index (χ1n) is 5.33. The lowest BCUT2D eigenvalue weighted by atomic mass is 9.90. The van der Waals surface area contributed by atoms with Gasteiger partial charge in [-0.15, -0.1) is 0 Å². The van der Waals surface area contributed by atoms with E-state index in [9.17, 15) is 18.0 Å². The maximum Gasteiger partial charge on any atom is 0.421 e. The third-order valence-corrected chi connectivity index (χ3v) is 2.97. The lowest BCUT2D eigenvalue weighted by molar-refractivity contribution is -0.206. The number of fused-ring (bicyclic) bond motifs is 1. The number of esters is 1. The molecule has 0 aliphatic heterocycles. The minimum absolute atomic E-state index is 0.229. The number of methoxy groups -OCH3 is 1. The molecule has 0 bridgehead atoms. The van der Waals surface area contributed by atoms with Crippen LogP contribution in [0, 0.1) is 0 Å². The van der Waals surface area contributed by atoms with Gasteiger partial charge in [0.15, 0.2) is 0 Å². The zero-order valence-corrected chi connectivity index (χ0v) is 9.91. The monoisotopic (exact) mass is 272 g/mol. The predicted octanol–water partition coefficient (Wildman–Crippen LogP) is 2.06. The van der Waals surface area contributed by atoms with Crippen LogP contribution < -0.4 is 5.73 Å². The number of nitrogens with one attached hydrogen (secondary N) is 1. The molecule has 0 saturated carbocycles. The third-order valence-electron chi connectivity index (χ3n) is 2.97. The van der Waals surface area contributed by atoms with Gasteiger partial charge in [-0.1, -0.05) is 18.2 Å². The van der Waals surface area contributed by atoms with E-state index in [0.717, 1.165) is 13.3 Å². The summed E-state index contributed by atoms with van der Waals surface area (Å²) >= 11 is 0. The Balaban J connectivity index is 2.72. The molecule has 0 spiro atoms. The average molecular weight is 272 g/mol. The Hall–Kier alpha value is -2.02. The first-order chi connectivity index (χ1) is 8.82. The topological polar surface area (TPSA) is 68.1 Å². The smallest absolute Gasteiger partial charge is 0.421 e. The molecule has 0 aliphatic rings. The standard InChI is InChI=1S/C12H11F3N2O2/c1-19-10(18)11(16,12(13,14)15)8-6-17-9-5-3-2-4-7(8)9/h2-6,17H,16H2,1H3/t11-/m0/s1. The summed E-state index contributed by atoms with van der Waals surface area (Å²) in [5, 5.41) is 0.229. The van der Waals surface area contributed by atoms with Crippen molar-refractivity contribution in [1.29, 1.82) is 0 Å². The van der Waals surface area contributed by atoms with Gasteiger partial charge in [0, 0.05) is 22.7 Å². The summed E-state index contributed by atoms with van der Waals surface area (Å²) < 4.78 is 43.8. The lowest BCUT2D eigenvalue weighted by Crippen LogP contribution is -2.57. The van der Waals surface area contributed by atoms with E-state index in [2.05, 4.69) is 9.72 Å². The molecule has 2 rings (SSSR count). The maximum absolute atomic E-state index is 13.2. The second kappa shape index (κ2) is 4.27. The molecular formula is C12H11F3N2O2. The zero-order valence-electron chi connectivity index (χ0n) is 9.91. The van der Waals surface area contributed by atoms with Crippen molar-refractivity contribution in [3.05, 3.63) is 36.0 Å². The van der Waals surface area contributed by atoms with E-state index >= 15 is 0 Å². The van der Waals surface area contributed by atoms with Gasteiger partial charge < -0.3 is 15.5 Å². The molecule has 4 nitrogen and oxygen atoms in total. The van der Waals surface area contributed by atoms with E-state index in [4.69, 9.17) is 5.73 Å². The van der Waals surface area contributed by atoms with Crippen molar-refractivity contribution in [2.24, 2.45) is 5.73 Å². The number of rotatable bonds is 2. The Kier molecular flexibility index (Phi) is 3.01. The van der Waals surface area contributed by atoms with E-state index in [1.165, 1.54) is 6.07 Å². The van der Waals surface area contributed by atoms with Gasteiger partial charge >= 0.3 is 12.1 Å². The number of aromatic nitrogens is 1. The lowest BCUT2D eigenvalue weighted by Gasteiger charge is -2.28. The number of para-hydroxylation sites is 1. The van der Waals surface area contributed by atoms with Crippen LogP contribution in [0.4, 0.5) is 13.2 Å². The summed E-state index contributed by atoms with van der Waals surface area (Å²) in [5.74, 6) is -1.55. The molecule has 0 radical (unpaired) electrons. The SMILES string of the molecule is COC(=O)[C@@](N)(c1c[nH]c2ccccc12)C(F)(F)F. The number of hydrogen-bond donors (Lipinski definition) is 2. The number of nitrogens with two attached hydrogens (primary N) is 1. The highest BCUT2D eigenvalue weighted by atomic mass is 19.4. The molecule has 0 saturated heterocycles. The average Bonchev–Trinajstić information content (AvgIpc) is 2.79. The van der Waals surface area contributed by atoms with Crippen molar-refractivity contribution in [2.45, 2.75) is 11.7 Å². The van der Waals surface area contributed by atoms with Crippen LogP contribution in [-0.2, 0) is 15.1 Å². The quantitative estimate of drug-likeness (QED) is 0.822. The van der Waals surface area contributed by atoms with Crippen LogP contribution in [0.2, 0.25) is 0 Å². The molecule has 2 aromatic rings. The molecule has 102 valence electrons. The first kappa shape index (κ1) is 13.4. The molecule has 1 aromatic carbocycles. The maximum atomic E-state index is 13.2. The van der Waals surface area contributed by atoms with E-state index in [0.29, 0.717) is 5.52 Å². The van der Waals surface area contributed by atoms with Crippen LogP contribution in [-0.4, -0.2) is 24.2 Å². The van der Waals surface area contributed by atoms with E-state index in [1.807, 2.05) is 0 Å². The Bertz CT molecular complexity index is 621. The highest BCUT2D eigenvalue weighted by Crippen LogP contribution is 2.40. The van der Waals surface area contributed by atoms with Gasteiger partial charge in [0.25, 0.3) is 0 Å². The van der Waals surface area contributed by atoms with Gasteiger partial charge in [-0.25, -0.2) is 4.79 Å². The van der Waals surface area contributed by atoms with Crippen molar-refractivity contribution >= 4 is 16.9 Å². The number of benzene rings is 1. The Morgan fingerprint density at radius 2 is 1.95 bits per heavy atom. The number of halogens is 3.